The van der Waals surface area contributed by atoms with Crippen LogP contribution < -0.4 is 4.74 Å². The maximum Gasteiger partial charge on any atom is 0.237 e. The second-order valence-electron chi connectivity index (χ2n) is 7.21. The zero-order chi connectivity index (χ0) is 20.5. The van der Waals surface area contributed by atoms with Gasteiger partial charge >= 0.3 is 0 Å². The molecule has 1 aliphatic rings. The number of hydrogen-bond donors (Lipinski definition) is 0. The van der Waals surface area contributed by atoms with E-state index in [4.69, 9.17) is 13.9 Å². The Kier molecular flexibility index (Phi) is 5.17. The molecule has 7 heteroatoms. The van der Waals surface area contributed by atoms with Crippen molar-refractivity contribution in [2.45, 2.75) is 6.92 Å². The van der Waals surface area contributed by atoms with Gasteiger partial charge in [-0.1, -0.05) is 18.2 Å². The molecule has 0 bridgehead atoms. The molecule has 0 unspecified atom stereocenters. The Hall–Kier alpha value is -3.03. The van der Waals surface area contributed by atoms with Crippen LogP contribution in [-0.2, 0) is 4.74 Å². The van der Waals surface area contributed by atoms with Crippen molar-refractivity contribution < 1.29 is 23.5 Å². The van der Waals surface area contributed by atoms with Gasteiger partial charge in [0, 0.05) is 17.3 Å². The monoisotopic (exact) mass is 394 g/mol. The van der Waals surface area contributed by atoms with Crippen LogP contribution in [0.2, 0.25) is 0 Å². The second kappa shape index (κ2) is 7.77. The number of rotatable bonds is 7. The van der Waals surface area contributed by atoms with Crippen LogP contribution in [0.3, 0.4) is 0 Å². The van der Waals surface area contributed by atoms with Gasteiger partial charge in [-0.25, -0.2) is 4.98 Å². The predicted octanol–water partition coefficient (Wildman–Crippen LogP) is 3.14. The molecule has 2 aromatic heterocycles. The molecular weight excluding hydrogens is 372 g/mol. The summed E-state index contributed by atoms with van der Waals surface area (Å²) < 4.78 is 17.2. The molecule has 0 N–H and O–H groups in total. The van der Waals surface area contributed by atoms with E-state index in [1.165, 1.54) is 0 Å². The molecule has 1 aromatic carbocycles. The van der Waals surface area contributed by atoms with Gasteiger partial charge in [0.25, 0.3) is 0 Å². The van der Waals surface area contributed by atoms with Gasteiger partial charge in [0.1, 0.15) is 18.1 Å². The lowest BCUT2D eigenvalue weighted by Gasteiger charge is -2.17. The van der Waals surface area contributed by atoms with Crippen molar-refractivity contribution in [3.63, 3.8) is 0 Å². The highest BCUT2D eigenvalue weighted by atomic mass is 16.5. The average Bonchev–Trinajstić information content (AvgIpc) is 3.10. The lowest BCUT2D eigenvalue weighted by molar-refractivity contribution is 0.0814. The first-order chi connectivity index (χ1) is 14.0. The van der Waals surface area contributed by atoms with E-state index in [1.807, 2.05) is 37.2 Å². The number of aryl methyl sites for hydroxylation is 1. The van der Waals surface area contributed by atoms with Crippen LogP contribution in [0.1, 0.15) is 26.5 Å². The summed E-state index contributed by atoms with van der Waals surface area (Å²) in [5, 5.41) is 1.30. The van der Waals surface area contributed by atoms with Gasteiger partial charge < -0.3 is 18.8 Å². The number of likely N-dealkylation sites (N-methyl/N-ethyl adjacent to an activating group) is 1. The van der Waals surface area contributed by atoms with Crippen molar-refractivity contribution in [3.8, 4) is 17.3 Å². The Morgan fingerprint density at radius 2 is 1.79 bits per heavy atom. The Morgan fingerprint density at radius 3 is 2.55 bits per heavy atom. The second-order valence-corrected chi connectivity index (χ2v) is 7.21. The number of pyridine rings is 1. The minimum absolute atomic E-state index is 0.251. The van der Waals surface area contributed by atoms with E-state index in [9.17, 15) is 9.59 Å². The van der Waals surface area contributed by atoms with E-state index < -0.39 is 11.6 Å². The summed E-state index contributed by atoms with van der Waals surface area (Å²) in [6.45, 7) is 3.92. The number of ketones is 2. The van der Waals surface area contributed by atoms with Gasteiger partial charge in [-0.2, -0.15) is 0 Å². The molecule has 1 aliphatic carbocycles. The minimum Gasteiger partial charge on any atom is -0.475 e. The summed E-state index contributed by atoms with van der Waals surface area (Å²) in [6.07, 6.45) is 0. The van der Waals surface area contributed by atoms with Crippen LogP contribution in [-0.4, -0.2) is 61.9 Å². The summed E-state index contributed by atoms with van der Waals surface area (Å²) in [5.74, 6) is 0.114. The molecule has 0 aliphatic heterocycles. The largest absolute Gasteiger partial charge is 0.475 e. The molecule has 0 amide bonds. The quantitative estimate of drug-likeness (QED) is 0.450. The summed E-state index contributed by atoms with van der Waals surface area (Å²) in [4.78, 5) is 32.0. The first-order valence-electron chi connectivity index (χ1n) is 9.45. The number of benzene rings is 1. The number of carbonyl (C=O) groups is 2. The predicted molar refractivity (Wildman–Crippen MR) is 108 cm³/mol. The molecule has 2 heterocycles. The number of Topliss-reactive ketones (excluding diaryl/α,β-unsaturated/α-hetero) is 2. The number of furan rings is 1. The van der Waals surface area contributed by atoms with E-state index in [1.54, 1.807) is 19.1 Å². The van der Waals surface area contributed by atoms with Crippen LogP contribution >= 0.6 is 0 Å². The topological polar surface area (TPSA) is 81.9 Å². The summed E-state index contributed by atoms with van der Waals surface area (Å²) in [5.41, 5.74) is 0.864. The molecule has 0 spiro atoms. The zero-order valence-electron chi connectivity index (χ0n) is 16.7. The molecule has 0 radical (unpaired) electrons. The molecule has 0 saturated carbocycles. The van der Waals surface area contributed by atoms with Gasteiger partial charge in [0.2, 0.25) is 17.4 Å². The molecule has 0 fully saturated rings. The van der Waals surface area contributed by atoms with E-state index >= 15 is 0 Å². The summed E-state index contributed by atoms with van der Waals surface area (Å²) >= 11 is 0. The molecule has 0 atom stereocenters. The average molecular weight is 394 g/mol. The highest BCUT2D eigenvalue weighted by molar-refractivity contribution is 6.54. The van der Waals surface area contributed by atoms with Crippen LogP contribution in [0.15, 0.2) is 34.7 Å². The van der Waals surface area contributed by atoms with Crippen LogP contribution in [0.4, 0.5) is 0 Å². The first kappa shape index (κ1) is 19.3. The third kappa shape index (κ3) is 3.54. The van der Waals surface area contributed by atoms with Gasteiger partial charge in [-0.15, -0.1) is 0 Å². The van der Waals surface area contributed by atoms with Crippen molar-refractivity contribution in [3.05, 3.63) is 47.2 Å². The lowest BCUT2D eigenvalue weighted by atomic mass is 9.89. The molecule has 4 rings (SSSR count). The fourth-order valence-electron chi connectivity index (χ4n) is 3.38. The Morgan fingerprint density at radius 1 is 1.03 bits per heavy atom. The number of fused-ring (bicyclic) bond motifs is 5. The van der Waals surface area contributed by atoms with E-state index in [0.717, 1.165) is 6.54 Å². The third-order valence-corrected chi connectivity index (χ3v) is 4.77. The third-order valence-electron chi connectivity index (χ3n) is 4.77. The number of carbonyl (C=O) groups excluding carboxylic acids is 2. The number of nitrogens with zero attached hydrogens (tertiary/aromatic N) is 2. The summed E-state index contributed by atoms with van der Waals surface area (Å²) in [6, 6.07) is 8.86. The van der Waals surface area contributed by atoms with Gasteiger partial charge in [-0.05, 0) is 33.2 Å². The highest BCUT2D eigenvalue weighted by Crippen LogP contribution is 2.40. The van der Waals surface area contributed by atoms with E-state index in [0.29, 0.717) is 53.7 Å². The SMILES string of the molecule is Cc1cc2c(o1)-c1nc(OCCOCCN(C)C)c3ccccc3c1C(=O)C2=O. The zero-order valence-corrected chi connectivity index (χ0v) is 16.7. The van der Waals surface area contributed by atoms with Gasteiger partial charge in [-0.3, -0.25) is 9.59 Å². The van der Waals surface area contributed by atoms with Crippen molar-refractivity contribution in [2.75, 3.05) is 40.5 Å². The maximum atomic E-state index is 12.8. The Balaban J connectivity index is 1.69. The van der Waals surface area contributed by atoms with Gasteiger partial charge in [0.15, 0.2) is 5.76 Å². The fraction of sp³-hybridized carbons (Fsp3) is 0.318. The van der Waals surface area contributed by atoms with E-state index in [-0.39, 0.29) is 11.1 Å². The Labute approximate surface area is 168 Å². The molecular formula is C22H22N2O5. The Bertz CT molecular complexity index is 1100. The molecule has 29 heavy (non-hydrogen) atoms. The van der Waals surface area contributed by atoms with Crippen LogP contribution in [0.25, 0.3) is 22.2 Å². The standard InChI is InChI=1S/C22H22N2O5/c1-13-12-16-19(25)20(26)17-14-6-4-5-7-15(14)22(23-18(17)21(16)29-13)28-11-10-27-9-8-24(2)3/h4-7,12H,8-11H2,1-3H3. The van der Waals surface area contributed by atoms with Gasteiger partial charge in [0.05, 0.1) is 24.3 Å². The molecule has 3 aromatic rings. The maximum absolute atomic E-state index is 12.8. The first-order valence-corrected chi connectivity index (χ1v) is 9.45. The number of ether oxygens (including phenoxy) is 2. The van der Waals surface area contributed by atoms with Crippen molar-refractivity contribution in [1.82, 2.24) is 9.88 Å². The van der Waals surface area contributed by atoms with Crippen molar-refractivity contribution in [2.24, 2.45) is 0 Å². The van der Waals surface area contributed by atoms with Crippen LogP contribution in [0, 0.1) is 6.92 Å². The highest BCUT2D eigenvalue weighted by Gasteiger charge is 2.37. The van der Waals surface area contributed by atoms with Crippen molar-refractivity contribution >= 4 is 22.3 Å². The number of aromatic nitrogens is 1. The normalized spacial score (nSPS) is 13.1. The fourth-order valence-corrected chi connectivity index (χ4v) is 3.38. The minimum atomic E-state index is -0.574. The molecule has 0 saturated heterocycles. The lowest BCUT2D eigenvalue weighted by Crippen LogP contribution is -2.22. The van der Waals surface area contributed by atoms with Crippen molar-refractivity contribution in [1.29, 1.82) is 0 Å². The summed E-state index contributed by atoms with van der Waals surface area (Å²) in [7, 11) is 3.97. The smallest absolute Gasteiger partial charge is 0.237 e. The van der Waals surface area contributed by atoms with E-state index in [2.05, 4.69) is 4.98 Å². The van der Waals surface area contributed by atoms with Crippen LogP contribution in [0.5, 0.6) is 5.88 Å². The molecule has 7 nitrogen and oxygen atoms in total. The molecule has 150 valence electrons. The number of hydrogen-bond acceptors (Lipinski definition) is 7.